The molecule has 20 heavy (non-hydrogen) atoms. The standard InChI is InChI=1S/C14H17F2N3O/c15-8-5-10(16)12-11(6-8)19(14(20)13(12)17)7-9-3-1-2-4-18-9/h5-6,9,13,18H,1-4,7,17H2. The predicted octanol–water partition coefficient (Wildman–Crippen LogP) is 1.45. The molecule has 4 nitrogen and oxygen atoms in total. The number of fused-ring (bicyclic) bond motifs is 1. The van der Waals surface area contributed by atoms with Gasteiger partial charge in [-0.15, -0.1) is 0 Å². The van der Waals surface area contributed by atoms with Gasteiger partial charge in [0.1, 0.15) is 17.7 Å². The zero-order chi connectivity index (χ0) is 14.3. The number of piperidine rings is 1. The highest BCUT2D eigenvalue weighted by atomic mass is 19.1. The Morgan fingerprint density at radius 1 is 1.35 bits per heavy atom. The highest BCUT2D eigenvalue weighted by Gasteiger charge is 2.38. The molecule has 0 spiro atoms. The van der Waals surface area contributed by atoms with E-state index < -0.39 is 17.7 Å². The Balaban J connectivity index is 1.91. The monoisotopic (exact) mass is 281 g/mol. The molecule has 0 saturated carbocycles. The number of nitrogens with one attached hydrogen (secondary N) is 1. The second kappa shape index (κ2) is 5.10. The molecule has 1 amide bonds. The second-order valence-electron chi connectivity index (χ2n) is 5.39. The summed E-state index contributed by atoms with van der Waals surface area (Å²) >= 11 is 0. The van der Waals surface area contributed by atoms with Crippen LogP contribution in [0.2, 0.25) is 0 Å². The van der Waals surface area contributed by atoms with Gasteiger partial charge in [0.05, 0.1) is 5.69 Å². The largest absolute Gasteiger partial charge is 0.316 e. The zero-order valence-electron chi connectivity index (χ0n) is 11.0. The molecule has 3 rings (SSSR count). The zero-order valence-corrected chi connectivity index (χ0v) is 11.0. The Bertz CT molecular complexity index is 543. The summed E-state index contributed by atoms with van der Waals surface area (Å²) in [6.45, 7) is 1.31. The van der Waals surface area contributed by atoms with Crippen molar-refractivity contribution in [3.63, 3.8) is 0 Å². The van der Waals surface area contributed by atoms with E-state index >= 15 is 0 Å². The van der Waals surface area contributed by atoms with Crippen LogP contribution >= 0.6 is 0 Å². The summed E-state index contributed by atoms with van der Waals surface area (Å²) in [4.78, 5) is 13.6. The van der Waals surface area contributed by atoms with Gasteiger partial charge in [-0.2, -0.15) is 0 Å². The number of carbonyl (C=O) groups is 1. The number of benzene rings is 1. The molecule has 1 saturated heterocycles. The Hall–Kier alpha value is -1.53. The third-order valence-corrected chi connectivity index (χ3v) is 4.02. The summed E-state index contributed by atoms with van der Waals surface area (Å²) in [5.74, 6) is -1.80. The van der Waals surface area contributed by atoms with Crippen LogP contribution in [0.5, 0.6) is 0 Å². The molecule has 108 valence electrons. The minimum absolute atomic E-state index is 0.104. The van der Waals surface area contributed by atoms with Crippen molar-refractivity contribution in [1.29, 1.82) is 0 Å². The summed E-state index contributed by atoms with van der Waals surface area (Å²) in [6, 6.07) is 1.08. The van der Waals surface area contributed by atoms with Crippen molar-refractivity contribution in [2.24, 2.45) is 5.73 Å². The number of hydrogen-bond donors (Lipinski definition) is 2. The van der Waals surface area contributed by atoms with Crippen molar-refractivity contribution < 1.29 is 13.6 Å². The van der Waals surface area contributed by atoms with Crippen LogP contribution < -0.4 is 16.0 Å². The summed E-state index contributed by atoms with van der Waals surface area (Å²) in [5, 5.41) is 3.32. The van der Waals surface area contributed by atoms with Gasteiger partial charge in [-0.3, -0.25) is 4.79 Å². The van der Waals surface area contributed by atoms with Gasteiger partial charge >= 0.3 is 0 Å². The van der Waals surface area contributed by atoms with Crippen molar-refractivity contribution in [2.75, 3.05) is 18.0 Å². The van der Waals surface area contributed by atoms with Crippen LogP contribution in [0.4, 0.5) is 14.5 Å². The van der Waals surface area contributed by atoms with Crippen molar-refractivity contribution in [3.05, 3.63) is 29.3 Å². The Kier molecular flexibility index (Phi) is 3.43. The van der Waals surface area contributed by atoms with Crippen molar-refractivity contribution >= 4 is 11.6 Å². The average molecular weight is 281 g/mol. The molecule has 0 aromatic heterocycles. The molecule has 1 aromatic rings. The molecule has 3 N–H and O–H groups in total. The first kappa shape index (κ1) is 13.5. The number of hydrogen-bond acceptors (Lipinski definition) is 3. The first-order valence-electron chi connectivity index (χ1n) is 6.87. The topological polar surface area (TPSA) is 58.4 Å². The van der Waals surface area contributed by atoms with E-state index in [0.29, 0.717) is 6.54 Å². The van der Waals surface area contributed by atoms with E-state index in [1.165, 1.54) is 11.0 Å². The molecule has 2 aliphatic heterocycles. The highest BCUT2D eigenvalue weighted by molar-refractivity contribution is 6.04. The lowest BCUT2D eigenvalue weighted by atomic mass is 10.0. The van der Waals surface area contributed by atoms with Crippen LogP contribution in [0, 0.1) is 11.6 Å². The van der Waals surface area contributed by atoms with Gasteiger partial charge < -0.3 is 16.0 Å². The number of rotatable bonds is 2. The Morgan fingerprint density at radius 3 is 2.85 bits per heavy atom. The van der Waals surface area contributed by atoms with Crippen LogP contribution in [-0.2, 0) is 4.79 Å². The van der Waals surface area contributed by atoms with Gasteiger partial charge in [0.15, 0.2) is 0 Å². The molecular formula is C14H17F2N3O. The van der Waals surface area contributed by atoms with E-state index in [2.05, 4.69) is 5.32 Å². The number of halogens is 2. The first-order chi connectivity index (χ1) is 9.58. The van der Waals surface area contributed by atoms with Gasteiger partial charge in [-0.05, 0) is 25.5 Å². The molecular weight excluding hydrogens is 264 g/mol. The number of nitrogens with zero attached hydrogens (tertiary/aromatic N) is 1. The highest BCUT2D eigenvalue weighted by Crippen LogP contribution is 2.37. The first-order valence-corrected chi connectivity index (χ1v) is 6.87. The number of nitrogens with two attached hydrogens (primary N) is 1. The maximum absolute atomic E-state index is 13.8. The number of carbonyl (C=O) groups excluding carboxylic acids is 1. The molecule has 6 heteroatoms. The smallest absolute Gasteiger partial charge is 0.248 e. The lowest BCUT2D eigenvalue weighted by Crippen LogP contribution is -2.45. The molecule has 1 fully saturated rings. The van der Waals surface area contributed by atoms with Crippen LogP contribution in [0.3, 0.4) is 0 Å². The fraction of sp³-hybridized carbons (Fsp3) is 0.500. The Morgan fingerprint density at radius 2 is 2.15 bits per heavy atom. The predicted molar refractivity (Wildman–Crippen MR) is 71.3 cm³/mol. The molecule has 1 aromatic carbocycles. The maximum Gasteiger partial charge on any atom is 0.248 e. The van der Waals surface area contributed by atoms with E-state index in [9.17, 15) is 13.6 Å². The van der Waals surface area contributed by atoms with Crippen LogP contribution in [0.15, 0.2) is 12.1 Å². The van der Waals surface area contributed by atoms with Crippen LogP contribution in [0.1, 0.15) is 30.9 Å². The maximum atomic E-state index is 13.8. The lowest BCUT2D eigenvalue weighted by molar-refractivity contribution is -0.119. The summed E-state index contributed by atoms with van der Waals surface area (Å²) < 4.78 is 27.2. The van der Waals surface area contributed by atoms with E-state index in [1.54, 1.807) is 0 Å². The third kappa shape index (κ3) is 2.19. The van der Waals surface area contributed by atoms with Gasteiger partial charge in [0.2, 0.25) is 5.91 Å². The fourth-order valence-electron chi connectivity index (χ4n) is 3.00. The minimum atomic E-state index is -1.03. The van der Waals surface area contributed by atoms with Gasteiger partial charge in [0.25, 0.3) is 0 Å². The molecule has 0 bridgehead atoms. The fourth-order valence-corrected chi connectivity index (χ4v) is 3.00. The van der Waals surface area contributed by atoms with Gasteiger partial charge in [-0.25, -0.2) is 8.78 Å². The van der Waals surface area contributed by atoms with Crippen LogP contribution in [-0.4, -0.2) is 25.0 Å². The van der Waals surface area contributed by atoms with Crippen LogP contribution in [0.25, 0.3) is 0 Å². The normalized spacial score (nSPS) is 25.9. The molecule has 2 unspecified atom stereocenters. The molecule has 0 radical (unpaired) electrons. The molecule has 0 aliphatic carbocycles. The number of amides is 1. The second-order valence-corrected chi connectivity index (χ2v) is 5.39. The Labute approximate surface area is 115 Å². The van der Waals surface area contributed by atoms with E-state index in [0.717, 1.165) is 31.9 Å². The molecule has 2 heterocycles. The van der Waals surface area contributed by atoms with Crippen molar-refractivity contribution in [3.8, 4) is 0 Å². The average Bonchev–Trinajstić information content (AvgIpc) is 2.65. The van der Waals surface area contributed by atoms with E-state index in [4.69, 9.17) is 5.73 Å². The summed E-state index contributed by atoms with van der Waals surface area (Å²) in [6.07, 6.45) is 3.16. The summed E-state index contributed by atoms with van der Waals surface area (Å²) in [5.41, 5.74) is 6.14. The number of anilines is 1. The molecule has 2 aliphatic rings. The van der Waals surface area contributed by atoms with E-state index in [1.807, 2.05) is 0 Å². The van der Waals surface area contributed by atoms with Crippen molar-refractivity contribution in [1.82, 2.24) is 5.32 Å². The molecule has 2 atom stereocenters. The minimum Gasteiger partial charge on any atom is -0.316 e. The van der Waals surface area contributed by atoms with Crippen molar-refractivity contribution in [2.45, 2.75) is 31.3 Å². The quantitative estimate of drug-likeness (QED) is 0.862. The third-order valence-electron chi connectivity index (χ3n) is 4.02. The van der Waals surface area contributed by atoms with E-state index in [-0.39, 0.29) is 23.2 Å². The SMILES string of the molecule is NC1C(=O)N(CC2CCCCN2)c2cc(F)cc(F)c21. The summed E-state index contributed by atoms with van der Waals surface area (Å²) in [7, 11) is 0. The lowest BCUT2D eigenvalue weighted by Gasteiger charge is -2.28. The van der Waals surface area contributed by atoms with Gasteiger partial charge in [0, 0.05) is 24.2 Å². The van der Waals surface area contributed by atoms with Gasteiger partial charge in [-0.1, -0.05) is 6.42 Å².